The summed E-state index contributed by atoms with van der Waals surface area (Å²) >= 11 is 5.14. The van der Waals surface area contributed by atoms with Gasteiger partial charge >= 0.3 is 5.97 Å². The number of hydrogen-bond donors (Lipinski definition) is 1. The van der Waals surface area contributed by atoms with Gasteiger partial charge in [0.2, 0.25) is 11.1 Å². The summed E-state index contributed by atoms with van der Waals surface area (Å²) < 4.78 is 18.8. The van der Waals surface area contributed by atoms with Gasteiger partial charge in [-0.05, 0) is 47.0 Å². The molecule has 1 N–H and O–H groups in total. The van der Waals surface area contributed by atoms with Crippen molar-refractivity contribution in [1.82, 2.24) is 14.8 Å². The van der Waals surface area contributed by atoms with Crippen LogP contribution in [0.15, 0.2) is 45.7 Å². The van der Waals surface area contributed by atoms with E-state index in [4.69, 9.17) is 19.3 Å². The lowest BCUT2D eigenvalue weighted by Crippen LogP contribution is -2.29. The lowest BCUT2D eigenvalue weighted by molar-refractivity contribution is -0.138. The van der Waals surface area contributed by atoms with Gasteiger partial charge in [-0.25, -0.2) is 9.48 Å². The average Bonchev–Trinajstić information content (AvgIpc) is 3.18. The Morgan fingerprint density at radius 1 is 1.38 bits per heavy atom. The summed E-state index contributed by atoms with van der Waals surface area (Å²) in [4.78, 5) is 17.7. The van der Waals surface area contributed by atoms with E-state index in [2.05, 4.69) is 39.7 Å². The Bertz CT molecular complexity index is 1040. The number of aromatic nitrogens is 3. The van der Waals surface area contributed by atoms with Crippen LogP contribution in [0.2, 0.25) is 0 Å². The molecule has 0 saturated carbocycles. The Labute approximate surface area is 200 Å². The number of fused-ring (bicyclic) bond motifs is 1. The molecule has 32 heavy (non-hydrogen) atoms. The number of ether oxygens (including phenoxy) is 3. The maximum Gasteiger partial charge on any atom is 0.338 e. The molecule has 1 aliphatic heterocycles. The van der Waals surface area contributed by atoms with Crippen molar-refractivity contribution < 1.29 is 19.0 Å². The summed E-state index contributed by atoms with van der Waals surface area (Å²) in [5, 5.41) is 8.57. The highest BCUT2D eigenvalue weighted by molar-refractivity contribution is 9.10. The van der Waals surface area contributed by atoms with Crippen molar-refractivity contribution >= 4 is 39.6 Å². The zero-order chi connectivity index (χ0) is 23.3. The van der Waals surface area contributed by atoms with Crippen molar-refractivity contribution in [2.24, 2.45) is 0 Å². The summed E-state index contributed by atoms with van der Waals surface area (Å²) in [5.41, 5.74) is 1.87. The minimum atomic E-state index is -0.562. The number of anilines is 1. The molecule has 10 heteroatoms. The zero-order valence-electron chi connectivity index (χ0n) is 18.6. The first-order chi connectivity index (χ1) is 15.4. The fraction of sp³-hybridized carbons (Fsp3) is 0.409. The number of nitrogens with zero attached hydrogens (tertiary/aromatic N) is 3. The van der Waals surface area contributed by atoms with Crippen LogP contribution in [0.25, 0.3) is 0 Å². The van der Waals surface area contributed by atoms with E-state index in [1.165, 1.54) is 6.08 Å². The van der Waals surface area contributed by atoms with E-state index in [0.717, 1.165) is 24.2 Å². The number of allylic oxidation sites excluding steroid dienone is 1. The van der Waals surface area contributed by atoms with Crippen LogP contribution >= 0.6 is 27.7 Å². The van der Waals surface area contributed by atoms with Crippen LogP contribution in [-0.2, 0) is 9.53 Å². The number of unbranched alkanes of at least 4 members (excludes halogenated alkanes) is 1. The minimum Gasteiger partial charge on any atom is -0.493 e. The first-order valence-corrected chi connectivity index (χ1v) is 12.0. The molecule has 0 aliphatic carbocycles. The number of carbonyl (C=O) groups is 1. The van der Waals surface area contributed by atoms with Gasteiger partial charge < -0.3 is 19.5 Å². The molecule has 0 radical (unpaired) electrons. The number of nitrogens with one attached hydrogen (secondary N) is 1. The Balaban J connectivity index is 2.13. The third-order valence-electron chi connectivity index (χ3n) is 4.89. The summed E-state index contributed by atoms with van der Waals surface area (Å²) in [6, 6.07) is 3.16. The van der Waals surface area contributed by atoms with E-state index >= 15 is 0 Å². The maximum atomic E-state index is 13.0. The molecule has 0 spiro atoms. The van der Waals surface area contributed by atoms with E-state index in [0.29, 0.717) is 38.3 Å². The van der Waals surface area contributed by atoms with E-state index < -0.39 is 12.0 Å². The maximum absolute atomic E-state index is 13.0. The summed E-state index contributed by atoms with van der Waals surface area (Å²) in [6.07, 6.45) is 3.71. The molecule has 0 fully saturated rings. The third kappa shape index (κ3) is 4.96. The second kappa shape index (κ2) is 10.9. The fourth-order valence-electron chi connectivity index (χ4n) is 3.38. The molecule has 1 aromatic carbocycles. The number of methoxy groups -OCH3 is 2. The lowest BCUT2D eigenvalue weighted by Gasteiger charge is -2.28. The van der Waals surface area contributed by atoms with Crippen molar-refractivity contribution in [2.45, 2.75) is 37.9 Å². The van der Waals surface area contributed by atoms with Gasteiger partial charge in [0.25, 0.3) is 0 Å². The van der Waals surface area contributed by atoms with Crippen LogP contribution < -0.4 is 14.8 Å². The molecule has 3 rings (SSSR count). The molecule has 1 unspecified atom stereocenters. The van der Waals surface area contributed by atoms with Gasteiger partial charge in [0.15, 0.2) is 11.5 Å². The fourth-order valence-corrected chi connectivity index (χ4v) is 4.91. The van der Waals surface area contributed by atoms with Gasteiger partial charge in [-0.1, -0.05) is 37.8 Å². The second-order valence-electron chi connectivity index (χ2n) is 7.06. The summed E-state index contributed by atoms with van der Waals surface area (Å²) in [6.45, 7) is 7.71. The molecule has 0 saturated heterocycles. The van der Waals surface area contributed by atoms with Crippen LogP contribution in [0.5, 0.6) is 11.5 Å². The third-order valence-corrected chi connectivity index (χ3v) is 6.40. The van der Waals surface area contributed by atoms with Crippen LogP contribution in [0.4, 0.5) is 5.95 Å². The number of benzene rings is 1. The van der Waals surface area contributed by atoms with E-state index in [-0.39, 0.29) is 6.61 Å². The SMILES string of the molecule is C=CCOC(=O)C1=C(C)Nc2nc(SCCCC)nn2C1c1cc(Br)c(OC)c(OC)c1. The average molecular weight is 523 g/mol. The van der Waals surface area contributed by atoms with Crippen LogP contribution in [0.1, 0.15) is 38.3 Å². The number of rotatable bonds is 10. The van der Waals surface area contributed by atoms with Crippen molar-refractivity contribution in [3.63, 3.8) is 0 Å². The van der Waals surface area contributed by atoms with Gasteiger partial charge in [-0.3, -0.25) is 0 Å². The van der Waals surface area contributed by atoms with Gasteiger partial charge in [0.1, 0.15) is 12.6 Å². The minimum absolute atomic E-state index is 0.111. The highest BCUT2D eigenvalue weighted by Gasteiger charge is 2.36. The topological polar surface area (TPSA) is 87.5 Å². The largest absolute Gasteiger partial charge is 0.493 e. The second-order valence-corrected chi connectivity index (χ2v) is 8.97. The van der Waals surface area contributed by atoms with Gasteiger partial charge in [-0.2, -0.15) is 4.98 Å². The number of carbonyl (C=O) groups excluding carboxylic acids is 1. The molecule has 172 valence electrons. The highest BCUT2D eigenvalue weighted by Crippen LogP contribution is 2.43. The van der Waals surface area contributed by atoms with Crippen molar-refractivity contribution in [2.75, 3.05) is 31.9 Å². The summed E-state index contributed by atoms with van der Waals surface area (Å²) in [5.74, 6) is 2.14. The quantitative estimate of drug-likeness (QED) is 0.202. The Morgan fingerprint density at radius 2 is 2.16 bits per heavy atom. The van der Waals surface area contributed by atoms with Crippen LogP contribution in [0, 0.1) is 0 Å². The normalized spacial score (nSPS) is 15.1. The van der Waals surface area contributed by atoms with E-state index in [1.807, 2.05) is 19.1 Å². The molecule has 1 aliphatic rings. The van der Waals surface area contributed by atoms with Crippen molar-refractivity contribution in [3.8, 4) is 11.5 Å². The Morgan fingerprint density at radius 3 is 2.81 bits per heavy atom. The molecule has 8 nitrogen and oxygen atoms in total. The summed E-state index contributed by atoms with van der Waals surface area (Å²) in [7, 11) is 3.14. The Kier molecular flexibility index (Phi) is 8.25. The zero-order valence-corrected chi connectivity index (χ0v) is 21.0. The molecule has 0 bridgehead atoms. The smallest absolute Gasteiger partial charge is 0.338 e. The molecule has 2 heterocycles. The molecular formula is C22H27BrN4O4S. The number of hydrogen-bond acceptors (Lipinski definition) is 8. The van der Waals surface area contributed by atoms with Gasteiger partial charge in [0, 0.05) is 11.4 Å². The number of halogens is 1. The van der Waals surface area contributed by atoms with Crippen LogP contribution in [0.3, 0.4) is 0 Å². The van der Waals surface area contributed by atoms with Gasteiger partial charge in [0.05, 0.1) is 24.3 Å². The highest BCUT2D eigenvalue weighted by atomic mass is 79.9. The predicted octanol–water partition coefficient (Wildman–Crippen LogP) is 4.97. The number of thioether (sulfide) groups is 1. The molecular weight excluding hydrogens is 496 g/mol. The van der Waals surface area contributed by atoms with Crippen molar-refractivity contribution in [1.29, 1.82) is 0 Å². The molecule has 0 amide bonds. The van der Waals surface area contributed by atoms with Gasteiger partial charge in [-0.15, -0.1) is 5.10 Å². The number of esters is 1. The van der Waals surface area contributed by atoms with E-state index in [9.17, 15) is 4.79 Å². The van der Waals surface area contributed by atoms with E-state index in [1.54, 1.807) is 30.7 Å². The molecule has 2 aromatic rings. The monoisotopic (exact) mass is 522 g/mol. The van der Waals surface area contributed by atoms with Crippen molar-refractivity contribution in [3.05, 3.63) is 46.1 Å². The van der Waals surface area contributed by atoms with Crippen LogP contribution in [-0.4, -0.2) is 47.3 Å². The molecule has 1 atom stereocenters. The first-order valence-electron chi connectivity index (χ1n) is 10.2. The Hall–Kier alpha value is -2.46. The molecule has 1 aromatic heterocycles. The standard InChI is InChI=1S/C22H27BrN4O4S/c1-6-8-10-32-22-25-21-24-13(3)17(20(28)31-9-7-2)18(27(21)26-22)14-11-15(23)19(30-5)16(12-14)29-4/h7,11-12,18H,2,6,8-10H2,1,3-5H3,(H,24,25,26). The lowest BCUT2D eigenvalue weighted by atomic mass is 9.95. The first kappa shape index (κ1) is 24.2. The predicted molar refractivity (Wildman–Crippen MR) is 129 cm³/mol.